The monoisotopic (exact) mass is 347 g/mol. The third kappa shape index (κ3) is 3.23. The molecule has 3 rings (SSSR count). The smallest absolute Gasteiger partial charge is 0.336 e. The fourth-order valence-corrected chi connectivity index (χ4v) is 3.00. The van der Waals surface area contributed by atoms with Crippen LogP contribution in [0.5, 0.6) is 5.75 Å². The number of phenolic OH excluding ortho intramolecular Hbond substituents is 1. The Morgan fingerprint density at radius 3 is 2.83 bits per heavy atom. The van der Waals surface area contributed by atoms with E-state index in [1.54, 1.807) is 18.4 Å². The maximum atomic E-state index is 11.9. The number of ether oxygens (including phenoxy) is 1. The lowest BCUT2D eigenvalue weighted by atomic mass is 10.1. The van der Waals surface area contributed by atoms with Gasteiger partial charge in [-0.15, -0.1) is 0 Å². The van der Waals surface area contributed by atoms with Crippen molar-refractivity contribution in [2.24, 2.45) is 0 Å². The van der Waals surface area contributed by atoms with Gasteiger partial charge in [0.15, 0.2) is 0 Å². The quantitative estimate of drug-likeness (QED) is 0.570. The van der Waals surface area contributed by atoms with Gasteiger partial charge in [0.2, 0.25) is 0 Å². The number of carbonyl (C=O) groups is 1. The van der Waals surface area contributed by atoms with Crippen molar-refractivity contribution in [3.63, 3.8) is 0 Å². The van der Waals surface area contributed by atoms with E-state index < -0.39 is 11.6 Å². The van der Waals surface area contributed by atoms with Crippen LogP contribution in [0, 0.1) is 6.92 Å². The first-order valence-corrected chi connectivity index (χ1v) is 7.88. The van der Waals surface area contributed by atoms with E-state index in [2.05, 4.69) is 0 Å². The molecule has 0 saturated carbocycles. The summed E-state index contributed by atoms with van der Waals surface area (Å²) in [4.78, 5) is 34.9. The van der Waals surface area contributed by atoms with Crippen LogP contribution >= 0.6 is 11.3 Å². The van der Waals surface area contributed by atoms with Crippen molar-refractivity contribution in [1.82, 2.24) is 4.57 Å². The lowest BCUT2D eigenvalue weighted by Crippen LogP contribution is -2.22. The number of rotatable bonds is 4. The van der Waals surface area contributed by atoms with E-state index >= 15 is 0 Å². The Morgan fingerprint density at radius 2 is 2.12 bits per heavy atom. The van der Waals surface area contributed by atoms with Gasteiger partial charge >= 0.3 is 16.5 Å². The van der Waals surface area contributed by atoms with E-state index in [9.17, 15) is 19.5 Å². The number of aryl methyl sites for hydroxylation is 1. The number of thiazole rings is 1. The van der Waals surface area contributed by atoms with E-state index in [4.69, 9.17) is 9.15 Å². The summed E-state index contributed by atoms with van der Waals surface area (Å²) in [7, 11) is 0. The molecule has 1 aromatic carbocycles. The van der Waals surface area contributed by atoms with Crippen molar-refractivity contribution in [2.45, 2.75) is 20.1 Å². The van der Waals surface area contributed by atoms with Crippen LogP contribution in [0.4, 0.5) is 0 Å². The lowest BCUT2D eigenvalue weighted by Gasteiger charge is -2.08. The zero-order valence-electron chi connectivity index (χ0n) is 12.6. The van der Waals surface area contributed by atoms with Crippen LogP contribution < -0.4 is 10.5 Å². The summed E-state index contributed by atoms with van der Waals surface area (Å²) in [5.41, 5.74) is 0.745. The molecule has 0 spiro atoms. The van der Waals surface area contributed by atoms with Crippen molar-refractivity contribution >= 4 is 28.3 Å². The van der Waals surface area contributed by atoms with Gasteiger partial charge in [0.05, 0.1) is 0 Å². The predicted octanol–water partition coefficient (Wildman–Crippen LogP) is 1.77. The highest BCUT2D eigenvalue weighted by molar-refractivity contribution is 7.07. The van der Waals surface area contributed by atoms with Crippen molar-refractivity contribution < 1.29 is 19.1 Å². The van der Waals surface area contributed by atoms with Crippen molar-refractivity contribution in [3.8, 4) is 5.75 Å². The van der Waals surface area contributed by atoms with Crippen molar-refractivity contribution in [3.05, 3.63) is 61.0 Å². The Kier molecular flexibility index (Phi) is 4.22. The molecule has 0 unspecified atom stereocenters. The van der Waals surface area contributed by atoms with Gasteiger partial charge in [-0.3, -0.25) is 14.2 Å². The Hall–Kier alpha value is -2.87. The fourth-order valence-electron chi connectivity index (χ4n) is 2.27. The van der Waals surface area contributed by atoms with Crippen LogP contribution in [-0.2, 0) is 22.7 Å². The molecule has 124 valence electrons. The summed E-state index contributed by atoms with van der Waals surface area (Å²) in [6, 6.07) is 5.57. The fraction of sp³-hybridized carbons (Fsp3) is 0.188. The van der Waals surface area contributed by atoms with Gasteiger partial charge in [-0.25, -0.2) is 4.79 Å². The van der Waals surface area contributed by atoms with Crippen LogP contribution in [0.1, 0.15) is 11.3 Å². The van der Waals surface area contributed by atoms with E-state index in [-0.39, 0.29) is 29.4 Å². The summed E-state index contributed by atoms with van der Waals surface area (Å²) < 4.78 is 11.5. The first-order chi connectivity index (χ1) is 11.4. The zero-order valence-corrected chi connectivity index (χ0v) is 13.5. The minimum absolute atomic E-state index is 0.0351. The highest BCUT2D eigenvalue weighted by Crippen LogP contribution is 2.22. The van der Waals surface area contributed by atoms with E-state index in [0.717, 1.165) is 11.3 Å². The standard InChI is InChI=1S/C16H13NO6S/c1-9-8-24-16(21)17(9)6-15(20)22-7-10-4-14(19)23-13-5-11(18)2-3-12(10)13/h2-5,8,18H,6-7H2,1H3. The normalized spacial score (nSPS) is 10.9. The third-order valence-electron chi connectivity index (χ3n) is 3.47. The molecule has 0 atom stereocenters. The number of nitrogens with zero attached hydrogens (tertiary/aromatic N) is 1. The molecule has 3 aromatic rings. The maximum Gasteiger partial charge on any atom is 0.336 e. The molecule has 0 aliphatic carbocycles. The molecule has 0 saturated heterocycles. The van der Waals surface area contributed by atoms with E-state index in [1.165, 1.54) is 22.8 Å². The Labute approximate surface area is 139 Å². The summed E-state index contributed by atoms with van der Waals surface area (Å²) in [6.07, 6.45) is 0. The molecule has 0 aliphatic rings. The molecule has 2 heterocycles. The van der Waals surface area contributed by atoms with Crippen LogP contribution in [0.2, 0.25) is 0 Å². The van der Waals surface area contributed by atoms with Crippen LogP contribution in [0.25, 0.3) is 11.0 Å². The number of aromatic hydroxyl groups is 1. The molecule has 7 nitrogen and oxygen atoms in total. The van der Waals surface area contributed by atoms with Gasteiger partial charge in [0, 0.05) is 34.2 Å². The second-order valence-electron chi connectivity index (χ2n) is 5.16. The van der Waals surface area contributed by atoms with Crippen LogP contribution in [0.15, 0.2) is 43.7 Å². The number of carbonyl (C=O) groups excluding carboxylic acids is 1. The molecule has 0 bridgehead atoms. The average molecular weight is 347 g/mol. The Balaban J connectivity index is 1.79. The number of esters is 1. The first-order valence-electron chi connectivity index (χ1n) is 7.00. The highest BCUT2D eigenvalue weighted by Gasteiger charge is 2.12. The molecular formula is C16H13NO6S. The van der Waals surface area contributed by atoms with Gasteiger partial charge < -0.3 is 14.3 Å². The molecule has 1 N–H and O–H groups in total. The molecule has 0 aliphatic heterocycles. The van der Waals surface area contributed by atoms with Crippen LogP contribution in [0.3, 0.4) is 0 Å². The predicted molar refractivity (Wildman–Crippen MR) is 87.3 cm³/mol. The van der Waals surface area contributed by atoms with Gasteiger partial charge in [0.1, 0.15) is 24.5 Å². The number of phenols is 1. The van der Waals surface area contributed by atoms with E-state index in [1.807, 2.05) is 0 Å². The molecule has 2 aromatic heterocycles. The molecule has 0 fully saturated rings. The average Bonchev–Trinajstić information content (AvgIpc) is 2.84. The SMILES string of the molecule is Cc1csc(=O)n1CC(=O)OCc1cc(=O)oc2cc(O)ccc12. The van der Waals surface area contributed by atoms with Gasteiger partial charge in [-0.2, -0.15) is 0 Å². The van der Waals surface area contributed by atoms with Crippen molar-refractivity contribution in [1.29, 1.82) is 0 Å². The second kappa shape index (κ2) is 6.32. The maximum absolute atomic E-state index is 11.9. The lowest BCUT2D eigenvalue weighted by molar-refractivity contribution is -0.145. The topological polar surface area (TPSA) is 98.7 Å². The minimum Gasteiger partial charge on any atom is -0.508 e. The summed E-state index contributed by atoms with van der Waals surface area (Å²) in [5, 5.41) is 11.7. The number of hydrogen-bond donors (Lipinski definition) is 1. The molecule has 8 heteroatoms. The zero-order chi connectivity index (χ0) is 17.3. The Morgan fingerprint density at radius 1 is 1.33 bits per heavy atom. The summed E-state index contributed by atoms with van der Waals surface area (Å²) in [5.74, 6) is -0.620. The van der Waals surface area contributed by atoms with Gasteiger partial charge in [0.25, 0.3) is 0 Å². The molecule has 24 heavy (non-hydrogen) atoms. The number of aromatic nitrogens is 1. The summed E-state index contributed by atoms with van der Waals surface area (Å²) >= 11 is 1.01. The van der Waals surface area contributed by atoms with Gasteiger partial charge in [-0.05, 0) is 19.1 Å². The minimum atomic E-state index is -0.607. The number of hydrogen-bond acceptors (Lipinski definition) is 7. The molecule has 0 radical (unpaired) electrons. The van der Waals surface area contributed by atoms with Gasteiger partial charge in [-0.1, -0.05) is 11.3 Å². The number of fused-ring (bicyclic) bond motifs is 1. The largest absolute Gasteiger partial charge is 0.508 e. The highest BCUT2D eigenvalue weighted by atomic mass is 32.1. The third-order valence-corrected chi connectivity index (χ3v) is 4.35. The number of benzene rings is 1. The first kappa shape index (κ1) is 16.0. The molecular weight excluding hydrogens is 334 g/mol. The van der Waals surface area contributed by atoms with Crippen LogP contribution in [-0.4, -0.2) is 15.6 Å². The second-order valence-corrected chi connectivity index (χ2v) is 5.98. The summed E-state index contributed by atoms with van der Waals surface area (Å²) in [6.45, 7) is 1.41. The molecule has 0 amide bonds. The Bertz CT molecular complexity index is 1030. The van der Waals surface area contributed by atoms with E-state index in [0.29, 0.717) is 16.6 Å². The van der Waals surface area contributed by atoms with Crippen molar-refractivity contribution in [2.75, 3.05) is 0 Å².